The highest BCUT2D eigenvalue weighted by atomic mass is 14.0. The van der Waals surface area contributed by atoms with Crippen LogP contribution in [0.25, 0.3) is 0 Å². The summed E-state index contributed by atoms with van der Waals surface area (Å²) in [6, 6.07) is 0. The molecule has 0 saturated carbocycles. The SMILES string of the molecule is CC#CCC=C(C)CCC=C(C)CCC=C(C)C. The van der Waals surface area contributed by atoms with Gasteiger partial charge in [-0.1, -0.05) is 40.9 Å². The molecule has 0 saturated heterocycles. The first kappa shape index (κ1) is 16.8. The molecule has 0 spiro atoms. The van der Waals surface area contributed by atoms with E-state index in [0.29, 0.717) is 0 Å². The average Bonchev–Trinajstić information content (AvgIpc) is 2.29. The molecule has 0 heterocycles. The van der Waals surface area contributed by atoms with Gasteiger partial charge in [-0.15, -0.1) is 5.92 Å². The van der Waals surface area contributed by atoms with E-state index < -0.39 is 0 Å². The quantitative estimate of drug-likeness (QED) is 0.391. The summed E-state index contributed by atoms with van der Waals surface area (Å²) in [5.74, 6) is 5.99. The zero-order valence-corrected chi connectivity index (χ0v) is 12.8. The molecule has 0 fully saturated rings. The summed E-state index contributed by atoms with van der Waals surface area (Å²) in [6.07, 6.45) is 12.5. The maximum Gasteiger partial charge on any atom is 0.0272 e. The molecule has 0 aromatic heterocycles. The molecule has 0 aliphatic carbocycles. The smallest absolute Gasteiger partial charge is 0.0272 e. The monoisotopic (exact) mass is 244 g/mol. The first-order chi connectivity index (χ1) is 8.56. The third-order valence-electron chi connectivity index (χ3n) is 2.85. The highest BCUT2D eigenvalue weighted by molar-refractivity contribution is 5.09. The van der Waals surface area contributed by atoms with Gasteiger partial charge in [0.2, 0.25) is 0 Å². The van der Waals surface area contributed by atoms with Gasteiger partial charge in [-0.25, -0.2) is 0 Å². The molecule has 18 heavy (non-hydrogen) atoms. The van der Waals surface area contributed by atoms with E-state index in [-0.39, 0.29) is 0 Å². The van der Waals surface area contributed by atoms with Crippen molar-refractivity contribution in [2.45, 2.75) is 66.7 Å². The van der Waals surface area contributed by atoms with E-state index in [1.54, 1.807) is 0 Å². The molecule has 0 atom stereocenters. The zero-order chi connectivity index (χ0) is 13.8. The van der Waals surface area contributed by atoms with Crippen LogP contribution in [0.1, 0.15) is 66.7 Å². The zero-order valence-electron chi connectivity index (χ0n) is 12.8. The third kappa shape index (κ3) is 11.3. The summed E-state index contributed by atoms with van der Waals surface area (Å²) in [6.45, 7) is 10.6. The van der Waals surface area contributed by atoms with Gasteiger partial charge >= 0.3 is 0 Å². The van der Waals surface area contributed by atoms with Gasteiger partial charge in [0.1, 0.15) is 0 Å². The summed E-state index contributed by atoms with van der Waals surface area (Å²) in [5.41, 5.74) is 4.37. The van der Waals surface area contributed by atoms with E-state index in [2.05, 4.69) is 57.8 Å². The van der Waals surface area contributed by atoms with Gasteiger partial charge in [-0.2, -0.15) is 0 Å². The minimum absolute atomic E-state index is 0.894. The molecule has 0 N–H and O–H groups in total. The summed E-state index contributed by atoms with van der Waals surface area (Å²) < 4.78 is 0. The molecule has 0 heteroatoms. The summed E-state index contributed by atoms with van der Waals surface area (Å²) in [7, 11) is 0. The van der Waals surface area contributed by atoms with Crippen LogP contribution in [-0.4, -0.2) is 0 Å². The maximum absolute atomic E-state index is 3.07. The highest BCUT2D eigenvalue weighted by Gasteiger charge is 1.91. The summed E-state index contributed by atoms with van der Waals surface area (Å²) in [4.78, 5) is 0. The van der Waals surface area contributed by atoms with Gasteiger partial charge in [0.15, 0.2) is 0 Å². The Morgan fingerprint density at radius 2 is 1.39 bits per heavy atom. The summed E-state index contributed by atoms with van der Waals surface area (Å²) >= 11 is 0. The van der Waals surface area contributed by atoms with Crippen molar-refractivity contribution in [2.75, 3.05) is 0 Å². The van der Waals surface area contributed by atoms with Crippen LogP contribution < -0.4 is 0 Å². The van der Waals surface area contributed by atoms with Crippen LogP contribution in [0.3, 0.4) is 0 Å². The summed E-state index contributed by atoms with van der Waals surface area (Å²) in [5, 5.41) is 0. The van der Waals surface area contributed by atoms with Gasteiger partial charge in [0, 0.05) is 6.42 Å². The Labute approximate surface area is 114 Å². The molecule has 0 rings (SSSR count). The molecule has 0 aliphatic heterocycles. The molecule has 0 amide bonds. The Morgan fingerprint density at radius 1 is 0.833 bits per heavy atom. The Balaban J connectivity index is 3.88. The largest absolute Gasteiger partial charge is 0.106 e. The number of hydrogen-bond donors (Lipinski definition) is 0. The van der Waals surface area contributed by atoms with Crippen LogP contribution in [0.5, 0.6) is 0 Å². The standard InChI is InChI=1S/C18H28/c1-6-7-8-12-17(4)14-10-15-18(5)13-9-11-16(2)3/h11-12,15H,8-10,13-14H2,1-5H3. The van der Waals surface area contributed by atoms with Crippen molar-refractivity contribution in [3.05, 3.63) is 34.9 Å². The van der Waals surface area contributed by atoms with Gasteiger partial charge in [0.25, 0.3) is 0 Å². The van der Waals surface area contributed by atoms with Crippen molar-refractivity contribution in [3.63, 3.8) is 0 Å². The average molecular weight is 244 g/mol. The molecule has 0 aromatic carbocycles. The van der Waals surface area contributed by atoms with Crippen molar-refractivity contribution in [3.8, 4) is 11.8 Å². The molecule has 0 unspecified atom stereocenters. The van der Waals surface area contributed by atoms with E-state index in [1.807, 2.05) is 6.92 Å². The van der Waals surface area contributed by atoms with Crippen molar-refractivity contribution in [1.29, 1.82) is 0 Å². The fourth-order valence-electron chi connectivity index (χ4n) is 1.67. The Hall–Kier alpha value is -1.22. The lowest BCUT2D eigenvalue weighted by Crippen LogP contribution is -1.80. The molecule has 0 radical (unpaired) electrons. The first-order valence-corrected chi connectivity index (χ1v) is 6.90. The molecule has 0 nitrogen and oxygen atoms in total. The highest BCUT2D eigenvalue weighted by Crippen LogP contribution is 2.11. The van der Waals surface area contributed by atoms with Gasteiger partial charge in [0.05, 0.1) is 0 Å². The van der Waals surface area contributed by atoms with E-state index in [1.165, 1.54) is 29.6 Å². The number of allylic oxidation sites excluding steroid dienone is 6. The maximum atomic E-state index is 3.07. The van der Waals surface area contributed by atoms with Crippen LogP contribution >= 0.6 is 0 Å². The van der Waals surface area contributed by atoms with Gasteiger partial charge < -0.3 is 0 Å². The molecular formula is C18H28. The van der Waals surface area contributed by atoms with E-state index in [4.69, 9.17) is 0 Å². The van der Waals surface area contributed by atoms with E-state index >= 15 is 0 Å². The van der Waals surface area contributed by atoms with Crippen molar-refractivity contribution in [2.24, 2.45) is 0 Å². The molecule has 0 aromatic rings. The lowest BCUT2D eigenvalue weighted by Gasteiger charge is -2.00. The van der Waals surface area contributed by atoms with Crippen LogP contribution in [0.2, 0.25) is 0 Å². The first-order valence-electron chi connectivity index (χ1n) is 6.90. The van der Waals surface area contributed by atoms with Crippen molar-refractivity contribution < 1.29 is 0 Å². The Morgan fingerprint density at radius 3 is 1.94 bits per heavy atom. The number of hydrogen-bond acceptors (Lipinski definition) is 0. The third-order valence-corrected chi connectivity index (χ3v) is 2.85. The fraction of sp³-hybridized carbons (Fsp3) is 0.556. The van der Waals surface area contributed by atoms with Crippen LogP contribution in [-0.2, 0) is 0 Å². The molecule has 0 aliphatic rings. The fourth-order valence-corrected chi connectivity index (χ4v) is 1.67. The van der Waals surface area contributed by atoms with Crippen LogP contribution in [0, 0.1) is 11.8 Å². The lowest BCUT2D eigenvalue weighted by atomic mass is 10.1. The molecule has 100 valence electrons. The van der Waals surface area contributed by atoms with Gasteiger partial charge in [-0.3, -0.25) is 0 Å². The normalized spacial score (nSPS) is 11.8. The predicted octanol–water partition coefficient (Wildman–Crippen LogP) is 5.82. The van der Waals surface area contributed by atoms with Crippen LogP contribution in [0.4, 0.5) is 0 Å². The second kappa shape index (κ2) is 10.9. The number of rotatable bonds is 7. The second-order valence-corrected chi connectivity index (χ2v) is 5.09. The lowest BCUT2D eigenvalue weighted by molar-refractivity contribution is 0.915. The second-order valence-electron chi connectivity index (χ2n) is 5.09. The van der Waals surface area contributed by atoms with Crippen molar-refractivity contribution in [1.82, 2.24) is 0 Å². The van der Waals surface area contributed by atoms with Gasteiger partial charge in [-0.05, 0) is 60.3 Å². The Kier molecular flexibility index (Phi) is 10.2. The minimum Gasteiger partial charge on any atom is -0.106 e. The predicted molar refractivity (Wildman–Crippen MR) is 83.5 cm³/mol. The van der Waals surface area contributed by atoms with Crippen LogP contribution in [0.15, 0.2) is 34.9 Å². The van der Waals surface area contributed by atoms with E-state index in [0.717, 1.165) is 19.3 Å². The topological polar surface area (TPSA) is 0 Å². The molecule has 0 bridgehead atoms. The minimum atomic E-state index is 0.894. The van der Waals surface area contributed by atoms with E-state index in [9.17, 15) is 0 Å². The molecular weight excluding hydrogens is 216 g/mol. The van der Waals surface area contributed by atoms with Crippen molar-refractivity contribution >= 4 is 0 Å². The Bertz CT molecular complexity index is 363.